The van der Waals surface area contributed by atoms with Crippen LogP contribution < -0.4 is 15.0 Å². The number of hydrogen-bond donors (Lipinski definition) is 1. The van der Waals surface area contributed by atoms with Crippen LogP contribution in [0.1, 0.15) is 20.3 Å². The molecule has 0 aliphatic heterocycles. The number of carbonyl (C=O) groups excluding carboxylic acids is 2. The van der Waals surface area contributed by atoms with Gasteiger partial charge < -0.3 is 15.0 Å². The fourth-order valence-corrected chi connectivity index (χ4v) is 3.11. The van der Waals surface area contributed by atoms with E-state index in [1.54, 1.807) is 4.90 Å². The summed E-state index contributed by atoms with van der Waals surface area (Å²) in [4.78, 5) is 27.1. The van der Waals surface area contributed by atoms with Crippen molar-refractivity contribution in [3.8, 4) is 5.75 Å². The molecule has 26 heavy (non-hydrogen) atoms. The molecule has 0 radical (unpaired) electrons. The van der Waals surface area contributed by atoms with Crippen LogP contribution in [-0.2, 0) is 9.59 Å². The third-order valence-electron chi connectivity index (χ3n) is 4.54. The molecule has 0 heterocycles. The zero-order chi connectivity index (χ0) is 18.5. The Hall–Kier alpha value is -2.82. The molecule has 2 aromatic carbocycles. The van der Waals surface area contributed by atoms with Crippen LogP contribution in [0.2, 0.25) is 0 Å². The van der Waals surface area contributed by atoms with Crippen LogP contribution in [0.25, 0.3) is 0 Å². The molecule has 1 aliphatic carbocycles. The number of amides is 2. The van der Waals surface area contributed by atoms with Crippen molar-refractivity contribution in [1.82, 2.24) is 0 Å². The first-order chi connectivity index (χ1) is 12.7. The smallest absolute Gasteiger partial charge is 0.230 e. The summed E-state index contributed by atoms with van der Waals surface area (Å²) in [5.41, 5.74) is 1.51. The van der Waals surface area contributed by atoms with Crippen LogP contribution >= 0.6 is 0 Å². The molecule has 1 saturated carbocycles. The summed E-state index contributed by atoms with van der Waals surface area (Å²) in [5, 5.41) is 2.90. The number of nitrogens with one attached hydrogen (secondary N) is 1. The highest BCUT2D eigenvalue weighted by molar-refractivity contribution is 6.04. The van der Waals surface area contributed by atoms with E-state index >= 15 is 0 Å². The van der Waals surface area contributed by atoms with Gasteiger partial charge in [-0.25, -0.2) is 0 Å². The van der Waals surface area contributed by atoms with E-state index in [4.69, 9.17) is 4.74 Å². The highest BCUT2D eigenvalue weighted by Gasteiger charge is 2.49. The number of benzene rings is 2. The average Bonchev–Trinajstić information content (AvgIpc) is 3.46. The van der Waals surface area contributed by atoms with E-state index in [2.05, 4.69) is 5.32 Å². The maximum Gasteiger partial charge on any atom is 0.230 e. The van der Waals surface area contributed by atoms with E-state index < -0.39 is 0 Å². The first-order valence-electron chi connectivity index (χ1n) is 9.04. The van der Waals surface area contributed by atoms with Gasteiger partial charge in [0.1, 0.15) is 5.75 Å². The van der Waals surface area contributed by atoms with E-state index in [-0.39, 0.29) is 23.7 Å². The van der Waals surface area contributed by atoms with Crippen LogP contribution in [0.4, 0.5) is 11.4 Å². The van der Waals surface area contributed by atoms with Gasteiger partial charge in [0.05, 0.1) is 24.1 Å². The highest BCUT2D eigenvalue weighted by atomic mass is 16.5. The Kier molecular flexibility index (Phi) is 5.56. The summed E-state index contributed by atoms with van der Waals surface area (Å²) in [6.45, 7) is 4.96. The Balaban J connectivity index is 1.64. The van der Waals surface area contributed by atoms with Gasteiger partial charge in [0.25, 0.3) is 0 Å². The number of hydrogen-bond acceptors (Lipinski definition) is 3. The molecule has 2 aromatic rings. The largest absolute Gasteiger partial charge is 0.492 e. The molecule has 0 aromatic heterocycles. The molecule has 2 unspecified atom stereocenters. The first kappa shape index (κ1) is 18.0. The molecule has 0 bridgehead atoms. The maximum absolute atomic E-state index is 12.8. The van der Waals surface area contributed by atoms with Crippen molar-refractivity contribution < 1.29 is 14.3 Å². The fourth-order valence-electron chi connectivity index (χ4n) is 3.11. The van der Waals surface area contributed by atoms with E-state index in [1.807, 2.05) is 68.4 Å². The molecule has 136 valence electrons. The number of para-hydroxylation sites is 3. The molecular weight excluding hydrogens is 328 g/mol. The standard InChI is InChI=1S/C21H24N2O3/c1-3-23(15-10-6-5-7-11-15)21(25)17-14-16(17)20(24)22-18-12-8-9-13-19(18)26-4-2/h5-13,16-17H,3-4,14H2,1-2H3,(H,22,24). The van der Waals surface area contributed by atoms with E-state index in [9.17, 15) is 9.59 Å². The minimum absolute atomic E-state index is 0.0111. The lowest BCUT2D eigenvalue weighted by atomic mass is 10.2. The molecule has 3 rings (SSSR count). The summed E-state index contributed by atoms with van der Waals surface area (Å²) in [6, 6.07) is 16.9. The highest BCUT2D eigenvalue weighted by Crippen LogP contribution is 2.42. The van der Waals surface area contributed by atoms with Gasteiger partial charge in [-0.15, -0.1) is 0 Å². The van der Waals surface area contributed by atoms with Gasteiger partial charge in [-0.3, -0.25) is 9.59 Å². The van der Waals surface area contributed by atoms with Gasteiger partial charge in [0, 0.05) is 12.2 Å². The predicted molar refractivity (Wildman–Crippen MR) is 102 cm³/mol. The second-order valence-corrected chi connectivity index (χ2v) is 6.29. The predicted octanol–water partition coefficient (Wildman–Crippen LogP) is 3.71. The summed E-state index contributed by atoms with van der Waals surface area (Å²) in [5.74, 6) is -0.00716. The van der Waals surface area contributed by atoms with E-state index in [0.29, 0.717) is 31.0 Å². The lowest BCUT2D eigenvalue weighted by molar-refractivity contribution is -0.123. The molecule has 2 amide bonds. The van der Waals surface area contributed by atoms with Crippen molar-refractivity contribution in [3.05, 3.63) is 54.6 Å². The molecule has 5 nitrogen and oxygen atoms in total. The van der Waals surface area contributed by atoms with Crippen molar-refractivity contribution in [2.75, 3.05) is 23.4 Å². The van der Waals surface area contributed by atoms with Crippen molar-refractivity contribution in [3.63, 3.8) is 0 Å². The number of anilines is 2. The Morgan fingerprint density at radius 3 is 2.42 bits per heavy atom. The zero-order valence-corrected chi connectivity index (χ0v) is 15.1. The monoisotopic (exact) mass is 352 g/mol. The van der Waals surface area contributed by atoms with Gasteiger partial charge in [-0.1, -0.05) is 30.3 Å². The second-order valence-electron chi connectivity index (χ2n) is 6.29. The molecule has 1 N–H and O–H groups in total. The van der Waals surface area contributed by atoms with E-state index in [0.717, 1.165) is 5.69 Å². The number of ether oxygens (including phenoxy) is 1. The van der Waals surface area contributed by atoms with Crippen molar-refractivity contribution in [1.29, 1.82) is 0 Å². The molecule has 0 spiro atoms. The minimum Gasteiger partial charge on any atom is -0.492 e. The molecule has 1 fully saturated rings. The summed E-state index contributed by atoms with van der Waals surface area (Å²) in [6.07, 6.45) is 0.588. The van der Waals surface area contributed by atoms with E-state index in [1.165, 1.54) is 0 Å². The van der Waals surface area contributed by atoms with Gasteiger partial charge in [-0.05, 0) is 44.5 Å². The third kappa shape index (κ3) is 3.87. The topological polar surface area (TPSA) is 58.6 Å². The number of carbonyl (C=O) groups is 2. The molecular formula is C21H24N2O3. The van der Waals surface area contributed by atoms with Gasteiger partial charge in [0.2, 0.25) is 11.8 Å². The number of nitrogens with zero attached hydrogens (tertiary/aromatic N) is 1. The lowest BCUT2D eigenvalue weighted by Crippen LogP contribution is -2.33. The normalized spacial score (nSPS) is 18.1. The molecule has 0 saturated heterocycles. The minimum atomic E-state index is -0.282. The Labute approximate surface area is 154 Å². The van der Waals surface area contributed by atoms with Gasteiger partial charge in [-0.2, -0.15) is 0 Å². The Morgan fingerprint density at radius 2 is 1.73 bits per heavy atom. The van der Waals surface area contributed by atoms with Crippen molar-refractivity contribution in [2.24, 2.45) is 11.8 Å². The average molecular weight is 352 g/mol. The van der Waals surface area contributed by atoms with Crippen LogP contribution in [0.5, 0.6) is 5.75 Å². The third-order valence-corrected chi connectivity index (χ3v) is 4.54. The maximum atomic E-state index is 12.8. The summed E-state index contributed by atoms with van der Waals surface area (Å²) in [7, 11) is 0. The zero-order valence-electron chi connectivity index (χ0n) is 15.1. The van der Waals surface area contributed by atoms with Crippen LogP contribution in [0.15, 0.2) is 54.6 Å². The van der Waals surface area contributed by atoms with Crippen LogP contribution in [0.3, 0.4) is 0 Å². The van der Waals surface area contributed by atoms with Crippen molar-refractivity contribution >= 4 is 23.2 Å². The summed E-state index contributed by atoms with van der Waals surface area (Å²) >= 11 is 0. The lowest BCUT2D eigenvalue weighted by Gasteiger charge is -2.21. The first-order valence-corrected chi connectivity index (χ1v) is 9.04. The SMILES string of the molecule is CCOc1ccccc1NC(=O)C1CC1C(=O)N(CC)c1ccccc1. The van der Waals surface area contributed by atoms with Crippen molar-refractivity contribution in [2.45, 2.75) is 20.3 Å². The summed E-state index contributed by atoms with van der Waals surface area (Å²) < 4.78 is 5.54. The molecule has 2 atom stereocenters. The van der Waals surface area contributed by atoms with Gasteiger partial charge >= 0.3 is 0 Å². The molecule has 5 heteroatoms. The Bertz CT molecular complexity index is 776. The van der Waals surface area contributed by atoms with Crippen LogP contribution in [0, 0.1) is 11.8 Å². The fraction of sp³-hybridized carbons (Fsp3) is 0.333. The Morgan fingerprint density at radius 1 is 1.04 bits per heavy atom. The van der Waals surface area contributed by atoms with Gasteiger partial charge in [0.15, 0.2) is 0 Å². The number of rotatable bonds is 7. The second kappa shape index (κ2) is 8.04. The quantitative estimate of drug-likeness (QED) is 0.826. The molecule has 1 aliphatic rings. The van der Waals surface area contributed by atoms with Crippen LogP contribution in [-0.4, -0.2) is 25.0 Å².